The van der Waals surface area contributed by atoms with E-state index in [2.05, 4.69) is 30.8 Å². The van der Waals surface area contributed by atoms with Crippen LogP contribution in [-0.2, 0) is 0 Å². The summed E-state index contributed by atoms with van der Waals surface area (Å²) in [7, 11) is 4.55. The minimum absolute atomic E-state index is 0.815. The van der Waals surface area contributed by atoms with Crippen molar-refractivity contribution in [3.63, 3.8) is 0 Å². The fourth-order valence-electron chi connectivity index (χ4n) is 3.32. The highest BCUT2D eigenvalue weighted by Gasteiger charge is 2.20. The highest BCUT2D eigenvalue weighted by Crippen LogP contribution is 2.19. The first-order chi connectivity index (χ1) is 9.17. The highest BCUT2D eigenvalue weighted by atomic mass is 15.2. The largest absolute Gasteiger partial charge is 0.330 e. The maximum absolute atomic E-state index is 5.71. The van der Waals surface area contributed by atoms with E-state index >= 15 is 0 Å². The summed E-state index contributed by atoms with van der Waals surface area (Å²) in [6.07, 6.45) is 9.26. The van der Waals surface area contributed by atoms with Crippen LogP contribution < -0.4 is 5.73 Å². The van der Waals surface area contributed by atoms with Gasteiger partial charge in [-0.2, -0.15) is 0 Å². The summed E-state index contributed by atoms with van der Waals surface area (Å²) >= 11 is 0. The monoisotopic (exact) mass is 269 g/mol. The molecule has 0 amide bonds. The van der Waals surface area contributed by atoms with Crippen LogP contribution >= 0.6 is 0 Å². The minimum Gasteiger partial charge on any atom is -0.330 e. The SMILES string of the molecule is CCCC(CCN)CCCN(C)C1CCN(C)CC1. The van der Waals surface area contributed by atoms with E-state index in [1.807, 2.05) is 0 Å². The van der Waals surface area contributed by atoms with Crippen molar-refractivity contribution in [2.24, 2.45) is 11.7 Å². The van der Waals surface area contributed by atoms with Crippen molar-refractivity contribution in [3.05, 3.63) is 0 Å². The number of hydrogen-bond donors (Lipinski definition) is 1. The Hall–Kier alpha value is -0.120. The van der Waals surface area contributed by atoms with Gasteiger partial charge in [0.2, 0.25) is 0 Å². The standard InChI is InChI=1S/C16H35N3/c1-4-6-15(8-11-17)7-5-12-19(3)16-9-13-18(2)14-10-16/h15-16H,4-14,17H2,1-3H3. The second-order valence-corrected chi connectivity index (χ2v) is 6.39. The molecule has 0 spiro atoms. The first-order valence-electron chi connectivity index (χ1n) is 8.26. The predicted molar refractivity (Wildman–Crippen MR) is 84.5 cm³/mol. The van der Waals surface area contributed by atoms with Gasteiger partial charge >= 0.3 is 0 Å². The zero-order valence-electron chi connectivity index (χ0n) is 13.4. The van der Waals surface area contributed by atoms with Crippen LogP contribution in [0.25, 0.3) is 0 Å². The van der Waals surface area contributed by atoms with E-state index in [0.717, 1.165) is 18.5 Å². The molecule has 1 heterocycles. The average Bonchev–Trinajstić information content (AvgIpc) is 2.40. The van der Waals surface area contributed by atoms with Crippen LogP contribution in [-0.4, -0.2) is 56.1 Å². The molecule has 1 aliphatic rings. The molecular formula is C16H35N3. The lowest BCUT2D eigenvalue weighted by molar-refractivity contribution is 0.141. The van der Waals surface area contributed by atoms with Crippen LogP contribution in [0.5, 0.6) is 0 Å². The van der Waals surface area contributed by atoms with Gasteiger partial charge in [-0.15, -0.1) is 0 Å². The Morgan fingerprint density at radius 3 is 2.47 bits per heavy atom. The van der Waals surface area contributed by atoms with Gasteiger partial charge in [0.15, 0.2) is 0 Å². The average molecular weight is 269 g/mol. The van der Waals surface area contributed by atoms with Gasteiger partial charge in [0, 0.05) is 6.04 Å². The van der Waals surface area contributed by atoms with E-state index in [1.54, 1.807) is 0 Å². The van der Waals surface area contributed by atoms with Crippen molar-refractivity contribution in [3.8, 4) is 0 Å². The molecule has 1 atom stereocenters. The number of piperidine rings is 1. The topological polar surface area (TPSA) is 32.5 Å². The lowest BCUT2D eigenvalue weighted by Gasteiger charge is -2.35. The van der Waals surface area contributed by atoms with E-state index in [-0.39, 0.29) is 0 Å². The highest BCUT2D eigenvalue weighted by molar-refractivity contribution is 4.76. The van der Waals surface area contributed by atoms with E-state index in [4.69, 9.17) is 5.73 Å². The molecule has 0 bridgehead atoms. The Kier molecular flexibility index (Phi) is 8.67. The van der Waals surface area contributed by atoms with Crippen LogP contribution in [0.15, 0.2) is 0 Å². The maximum atomic E-state index is 5.71. The van der Waals surface area contributed by atoms with Crippen LogP contribution in [0.3, 0.4) is 0 Å². The van der Waals surface area contributed by atoms with Crippen molar-refractivity contribution in [2.45, 2.75) is 57.9 Å². The summed E-state index contributed by atoms with van der Waals surface area (Å²) in [5.41, 5.74) is 5.71. The Morgan fingerprint density at radius 1 is 1.21 bits per heavy atom. The van der Waals surface area contributed by atoms with E-state index in [0.29, 0.717) is 0 Å². The van der Waals surface area contributed by atoms with E-state index in [9.17, 15) is 0 Å². The van der Waals surface area contributed by atoms with Gasteiger partial charge in [-0.1, -0.05) is 19.8 Å². The molecule has 3 heteroatoms. The van der Waals surface area contributed by atoms with Crippen molar-refractivity contribution in [2.75, 3.05) is 40.3 Å². The van der Waals surface area contributed by atoms with Gasteiger partial charge in [0.25, 0.3) is 0 Å². The zero-order valence-corrected chi connectivity index (χ0v) is 13.4. The maximum Gasteiger partial charge on any atom is 0.0117 e. The molecule has 3 nitrogen and oxygen atoms in total. The van der Waals surface area contributed by atoms with Crippen molar-refractivity contribution < 1.29 is 0 Å². The smallest absolute Gasteiger partial charge is 0.0117 e. The summed E-state index contributed by atoms with van der Waals surface area (Å²) < 4.78 is 0. The lowest BCUT2D eigenvalue weighted by Crippen LogP contribution is -2.42. The van der Waals surface area contributed by atoms with Crippen LogP contribution in [0.4, 0.5) is 0 Å². The second-order valence-electron chi connectivity index (χ2n) is 6.39. The normalized spacial score (nSPS) is 20.1. The molecule has 1 unspecified atom stereocenters. The molecule has 0 aromatic rings. The van der Waals surface area contributed by atoms with Gasteiger partial charge in [0.05, 0.1) is 0 Å². The Morgan fingerprint density at radius 2 is 1.89 bits per heavy atom. The first-order valence-corrected chi connectivity index (χ1v) is 8.26. The van der Waals surface area contributed by atoms with Crippen LogP contribution in [0, 0.1) is 5.92 Å². The molecule has 2 N–H and O–H groups in total. The summed E-state index contributed by atoms with van der Waals surface area (Å²) in [5.74, 6) is 0.862. The molecule has 0 aromatic heterocycles. The number of rotatable bonds is 9. The molecule has 1 saturated heterocycles. The Bertz CT molecular complexity index is 206. The molecule has 1 rings (SSSR count). The Balaban J connectivity index is 2.16. The van der Waals surface area contributed by atoms with Crippen LogP contribution in [0.2, 0.25) is 0 Å². The minimum atomic E-state index is 0.815. The fourth-order valence-corrected chi connectivity index (χ4v) is 3.32. The Labute approximate surface area is 120 Å². The van der Waals surface area contributed by atoms with Gasteiger partial charge in [-0.05, 0) is 78.3 Å². The van der Waals surface area contributed by atoms with E-state index < -0.39 is 0 Å². The van der Waals surface area contributed by atoms with Crippen LogP contribution in [0.1, 0.15) is 51.9 Å². The predicted octanol–water partition coefficient (Wildman–Crippen LogP) is 2.56. The number of nitrogens with zero attached hydrogens (tertiary/aromatic N) is 2. The number of likely N-dealkylation sites (tertiary alicyclic amines) is 1. The summed E-state index contributed by atoms with van der Waals surface area (Å²) in [4.78, 5) is 5.04. The van der Waals surface area contributed by atoms with Gasteiger partial charge in [-0.25, -0.2) is 0 Å². The molecule has 0 saturated carbocycles. The third-order valence-corrected chi connectivity index (χ3v) is 4.71. The molecule has 1 fully saturated rings. The van der Waals surface area contributed by atoms with Crippen molar-refractivity contribution in [1.29, 1.82) is 0 Å². The third kappa shape index (κ3) is 6.73. The molecule has 0 aliphatic carbocycles. The van der Waals surface area contributed by atoms with Crippen molar-refractivity contribution in [1.82, 2.24) is 9.80 Å². The lowest BCUT2D eigenvalue weighted by atomic mass is 9.94. The first kappa shape index (κ1) is 16.9. The summed E-state index contributed by atoms with van der Waals surface area (Å²) in [6.45, 7) is 6.93. The molecular weight excluding hydrogens is 234 g/mol. The quantitative estimate of drug-likeness (QED) is 0.698. The molecule has 114 valence electrons. The molecule has 0 aromatic carbocycles. The molecule has 19 heavy (non-hydrogen) atoms. The van der Waals surface area contributed by atoms with Gasteiger partial charge < -0.3 is 15.5 Å². The van der Waals surface area contributed by atoms with Gasteiger partial charge in [0.1, 0.15) is 0 Å². The fraction of sp³-hybridized carbons (Fsp3) is 1.00. The zero-order chi connectivity index (χ0) is 14.1. The third-order valence-electron chi connectivity index (χ3n) is 4.71. The van der Waals surface area contributed by atoms with Crippen molar-refractivity contribution >= 4 is 0 Å². The number of nitrogens with two attached hydrogens (primary N) is 1. The molecule has 0 radical (unpaired) electrons. The second kappa shape index (κ2) is 9.73. The number of hydrogen-bond acceptors (Lipinski definition) is 3. The summed E-state index contributed by atoms with van der Waals surface area (Å²) in [6, 6.07) is 0.815. The van der Waals surface area contributed by atoms with E-state index in [1.165, 1.54) is 64.6 Å². The molecule has 1 aliphatic heterocycles. The summed E-state index contributed by atoms with van der Waals surface area (Å²) in [5, 5.41) is 0. The van der Waals surface area contributed by atoms with Gasteiger partial charge in [-0.3, -0.25) is 0 Å².